The van der Waals surface area contributed by atoms with Gasteiger partial charge in [-0.2, -0.15) is 0 Å². The molecule has 0 spiro atoms. The number of hydrogen-bond acceptors (Lipinski definition) is 4. The van der Waals surface area contributed by atoms with Gasteiger partial charge >= 0.3 is 0 Å². The van der Waals surface area contributed by atoms with Gasteiger partial charge in [0.15, 0.2) is 6.61 Å². The summed E-state index contributed by atoms with van der Waals surface area (Å²) in [4.78, 5) is 26.3. The smallest absolute Gasteiger partial charge is 0.258 e. The highest BCUT2D eigenvalue weighted by atomic mass is 16.5. The van der Waals surface area contributed by atoms with Crippen LogP contribution in [0.5, 0.6) is 5.75 Å². The van der Waals surface area contributed by atoms with E-state index in [1.165, 1.54) is 0 Å². The second-order valence-corrected chi connectivity index (χ2v) is 5.44. The van der Waals surface area contributed by atoms with E-state index in [0.717, 1.165) is 5.56 Å². The summed E-state index contributed by atoms with van der Waals surface area (Å²) in [7, 11) is 0. The maximum atomic E-state index is 11.9. The second kappa shape index (κ2) is 9.71. The topological polar surface area (TPSA) is 116 Å². The fourth-order valence-corrected chi connectivity index (χ4v) is 2.05. The first-order chi connectivity index (χ1) is 12.6. The first-order valence-corrected chi connectivity index (χ1v) is 7.98. The molecule has 0 saturated heterocycles. The fraction of sp³-hybridized carbons (Fsp3) is 0.222. The number of hydrogen-bond donors (Lipinski definition) is 2. The Balaban J connectivity index is 1.65. The molecule has 8 nitrogen and oxygen atoms in total. The molecule has 26 heavy (non-hydrogen) atoms. The Morgan fingerprint density at radius 3 is 2.35 bits per heavy atom. The highest BCUT2D eigenvalue weighted by molar-refractivity contribution is 5.94. The van der Waals surface area contributed by atoms with Gasteiger partial charge in [0.2, 0.25) is 0 Å². The standard InChI is InChI=1S/C18H19N5O3/c1-13-2-8-16(9-3-13)26-12-17(24)20-10-11-21-18(25)14-4-6-15(7-5-14)22-23-19/h2-9H,10-12H2,1H3,(H,20,24)(H,21,25). The molecule has 0 fully saturated rings. The predicted molar refractivity (Wildman–Crippen MR) is 97.3 cm³/mol. The van der Waals surface area contributed by atoms with E-state index in [0.29, 0.717) is 23.5 Å². The molecule has 0 aliphatic rings. The molecule has 0 aromatic heterocycles. The van der Waals surface area contributed by atoms with Crippen LogP contribution in [0.1, 0.15) is 15.9 Å². The average molecular weight is 353 g/mol. The fourth-order valence-electron chi connectivity index (χ4n) is 2.05. The first-order valence-electron chi connectivity index (χ1n) is 7.98. The van der Waals surface area contributed by atoms with Crippen molar-refractivity contribution in [2.45, 2.75) is 6.92 Å². The Hall–Kier alpha value is -3.51. The number of carbonyl (C=O) groups is 2. The van der Waals surface area contributed by atoms with E-state index in [2.05, 4.69) is 20.7 Å². The summed E-state index contributed by atoms with van der Waals surface area (Å²) < 4.78 is 5.37. The highest BCUT2D eigenvalue weighted by Gasteiger charge is 2.06. The van der Waals surface area contributed by atoms with Crippen LogP contribution in [0.25, 0.3) is 10.4 Å². The maximum absolute atomic E-state index is 11.9. The predicted octanol–water partition coefficient (Wildman–Crippen LogP) is 2.86. The number of nitrogens with zero attached hydrogens (tertiary/aromatic N) is 3. The third kappa shape index (κ3) is 6.18. The van der Waals surface area contributed by atoms with Crippen LogP contribution >= 0.6 is 0 Å². The van der Waals surface area contributed by atoms with Gasteiger partial charge in [0.05, 0.1) is 0 Å². The van der Waals surface area contributed by atoms with Crippen molar-refractivity contribution >= 4 is 17.5 Å². The number of ether oxygens (including phenoxy) is 1. The van der Waals surface area contributed by atoms with E-state index in [1.54, 1.807) is 36.4 Å². The summed E-state index contributed by atoms with van der Waals surface area (Å²) in [5, 5.41) is 8.79. The monoisotopic (exact) mass is 353 g/mol. The van der Waals surface area contributed by atoms with Crippen molar-refractivity contribution in [1.82, 2.24) is 10.6 Å². The Morgan fingerprint density at radius 2 is 1.69 bits per heavy atom. The molecule has 0 saturated carbocycles. The van der Waals surface area contributed by atoms with Crippen molar-refractivity contribution in [3.05, 3.63) is 70.1 Å². The molecule has 2 rings (SSSR count). The van der Waals surface area contributed by atoms with Gasteiger partial charge in [0.25, 0.3) is 11.8 Å². The molecule has 0 atom stereocenters. The van der Waals surface area contributed by atoms with Crippen LogP contribution in [0.4, 0.5) is 5.69 Å². The minimum Gasteiger partial charge on any atom is -0.484 e. The number of rotatable bonds is 8. The third-order valence-corrected chi connectivity index (χ3v) is 3.41. The van der Waals surface area contributed by atoms with E-state index in [-0.39, 0.29) is 25.0 Å². The van der Waals surface area contributed by atoms with Gasteiger partial charge in [-0.3, -0.25) is 9.59 Å². The zero-order valence-electron chi connectivity index (χ0n) is 14.3. The van der Waals surface area contributed by atoms with Crippen molar-refractivity contribution < 1.29 is 14.3 Å². The molecule has 2 aromatic rings. The van der Waals surface area contributed by atoms with Crippen LogP contribution in [-0.2, 0) is 4.79 Å². The summed E-state index contributed by atoms with van der Waals surface area (Å²) in [5.41, 5.74) is 10.3. The first kappa shape index (κ1) is 18.8. The molecule has 0 bridgehead atoms. The number of benzene rings is 2. The van der Waals surface area contributed by atoms with E-state index in [9.17, 15) is 9.59 Å². The SMILES string of the molecule is Cc1ccc(OCC(=O)NCCNC(=O)c2ccc(N=[N+]=[N-])cc2)cc1. The number of azide groups is 1. The molecule has 2 amide bonds. The summed E-state index contributed by atoms with van der Waals surface area (Å²) >= 11 is 0. The second-order valence-electron chi connectivity index (χ2n) is 5.44. The average Bonchev–Trinajstić information content (AvgIpc) is 2.65. The lowest BCUT2D eigenvalue weighted by atomic mass is 10.2. The zero-order valence-corrected chi connectivity index (χ0v) is 14.3. The van der Waals surface area contributed by atoms with Gasteiger partial charge in [-0.25, -0.2) is 0 Å². The van der Waals surface area contributed by atoms with E-state index in [1.807, 2.05) is 19.1 Å². The molecule has 0 aliphatic carbocycles. The summed E-state index contributed by atoms with van der Waals surface area (Å²) in [6.07, 6.45) is 0. The number of aryl methyl sites for hydroxylation is 1. The quantitative estimate of drug-likeness (QED) is 0.329. The van der Waals surface area contributed by atoms with Crippen molar-refractivity contribution in [2.24, 2.45) is 5.11 Å². The Labute approximate surface area is 150 Å². The normalized spacial score (nSPS) is 9.73. The van der Waals surface area contributed by atoms with Crippen molar-refractivity contribution in [2.75, 3.05) is 19.7 Å². The third-order valence-electron chi connectivity index (χ3n) is 3.41. The molecule has 2 N–H and O–H groups in total. The van der Waals surface area contributed by atoms with Crippen molar-refractivity contribution in [1.29, 1.82) is 0 Å². The van der Waals surface area contributed by atoms with Crippen LogP contribution in [0, 0.1) is 6.92 Å². The number of nitrogens with one attached hydrogen (secondary N) is 2. The largest absolute Gasteiger partial charge is 0.484 e. The molecule has 0 heterocycles. The van der Waals surface area contributed by atoms with Gasteiger partial charge in [0, 0.05) is 29.3 Å². The van der Waals surface area contributed by atoms with Crippen LogP contribution in [-0.4, -0.2) is 31.5 Å². The van der Waals surface area contributed by atoms with Gasteiger partial charge in [-0.1, -0.05) is 34.9 Å². The van der Waals surface area contributed by atoms with Gasteiger partial charge in [-0.05, 0) is 36.7 Å². The lowest BCUT2D eigenvalue weighted by molar-refractivity contribution is -0.123. The number of amides is 2. The summed E-state index contributed by atoms with van der Waals surface area (Å²) in [5.74, 6) is 0.0874. The minimum absolute atomic E-state index is 0.0854. The molecular formula is C18H19N5O3. The maximum Gasteiger partial charge on any atom is 0.258 e. The molecule has 2 aromatic carbocycles. The molecule has 134 valence electrons. The Morgan fingerprint density at radius 1 is 1.04 bits per heavy atom. The summed E-state index contributed by atoms with van der Waals surface area (Å²) in [6.45, 7) is 2.46. The van der Waals surface area contributed by atoms with Gasteiger partial charge in [0.1, 0.15) is 5.75 Å². The molecule has 0 aliphatic heterocycles. The lowest BCUT2D eigenvalue weighted by Gasteiger charge is -2.09. The van der Waals surface area contributed by atoms with Crippen LogP contribution in [0.15, 0.2) is 53.6 Å². The molecule has 0 unspecified atom stereocenters. The molecule has 0 radical (unpaired) electrons. The Kier molecular flexibility index (Phi) is 7.03. The zero-order chi connectivity index (χ0) is 18.8. The van der Waals surface area contributed by atoms with E-state index < -0.39 is 0 Å². The highest BCUT2D eigenvalue weighted by Crippen LogP contribution is 2.13. The van der Waals surface area contributed by atoms with Crippen molar-refractivity contribution in [3.8, 4) is 5.75 Å². The molecular weight excluding hydrogens is 334 g/mol. The van der Waals surface area contributed by atoms with Gasteiger partial charge in [-0.15, -0.1) is 0 Å². The lowest BCUT2D eigenvalue weighted by Crippen LogP contribution is -2.36. The summed E-state index contributed by atoms with van der Waals surface area (Å²) in [6, 6.07) is 13.6. The minimum atomic E-state index is -0.275. The van der Waals surface area contributed by atoms with E-state index in [4.69, 9.17) is 10.3 Å². The van der Waals surface area contributed by atoms with Crippen LogP contribution in [0.3, 0.4) is 0 Å². The van der Waals surface area contributed by atoms with E-state index >= 15 is 0 Å². The van der Waals surface area contributed by atoms with Gasteiger partial charge < -0.3 is 15.4 Å². The van der Waals surface area contributed by atoms with Crippen LogP contribution < -0.4 is 15.4 Å². The number of carbonyl (C=O) groups excluding carboxylic acids is 2. The van der Waals surface area contributed by atoms with Crippen molar-refractivity contribution in [3.63, 3.8) is 0 Å². The Bertz CT molecular complexity index is 797. The molecule has 8 heteroatoms. The van der Waals surface area contributed by atoms with Crippen LogP contribution in [0.2, 0.25) is 0 Å².